The molecule has 1 saturated carbocycles. The number of hydrogen-bond acceptors (Lipinski definition) is 7. The molecule has 0 spiro atoms. The standard InChI is InChI=1S/C29H32N4O3/c1-29(2)23-16-21(36-4)14-15-24(23)33(3)25(29)17-22-27(34)26(28(22)35)30-18-10-12-20(13-11-18)32-31-19-8-6-5-7-9-19/h5-17,22,26-28,30,34-35H,1-4H3. The predicted molar refractivity (Wildman–Crippen MR) is 142 cm³/mol. The zero-order chi connectivity index (χ0) is 25.4. The van der Waals surface area contributed by atoms with Gasteiger partial charge < -0.3 is 25.2 Å². The van der Waals surface area contributed by atoms with Gasteiger partial charge in [0.25, 0.3) is 0 Å². The number of likely N-dealkylation sites (N-methyl/N-ethyl adjacent to an activating group) is 1. The molecule has 36 heavy (non-hydrogen) atoms. The van der Waals surface area contributed by atoms with Gasteiger partial charge in [0, 0.05) is 35.5 Å². The van der Waals surface area contributed by atoms with Gasteiger partial charge in [0.05, 0.1) is 36.7 Å². The van der Waals surface area contributed by atoms with Crippen molar-refractivity contribution < 1.29 is 14.9 Å². The van der Waals surface area contributed by atoms with Crippen molar-refractivity contribution >= 4 is 22.7 Å². The molecule has 186 valence electrons. The predicted octanol–water partition coefficient (Wildman–Crippen LogP) is 5.55. The van der Waals surface area contributed by atoms with Crippen molar-refractivity contribution in [2.75, 3.05) is 24.4 Å². The van der Waals surface area contributed by atoms with Crippen LogP contribution >= 0.6 is 0 Å². The second-order valence-corrected chi connectivity index (χ2v) is 9.93. The highest BCUT2D eigenvalue weighted by molar-refractivity contribution is 5.71. The summed E-state index contributed by atoms with van der Waals surface area (Å²) >= 11 is 0. The third-order valence-corrected chi connectivity index (χ3v) is 7.35. The first-order valence-electron chi connectivity index (χ1n) is 12.1. The van der Waals surface area contributed by atoms with E-state index >= 15 is 0 Å². The molecule has 3 aromatic rings. The summed E-state index contributed by atoms with van der Waals surface area (Å²) in [5.74, 6) is 0.450. The molecule has 0 amide bonds. The van der Waals surface area contributed by atoms with E-state index in [0.29, 0.717) is 0 Å². The van der Waals surface area contributed by atoms with Crippen LogP contribution in [0.3, 0.4) is 0 Å². The van der Waals surface area contributed by atoms with Crippen LogP contribution in [-0.2, 0) is 5.41 Å². The number of aliphatic hydroxyl groups excluding tert-OH is 2. The minimum atomic E-state index is -0.715. The van der Waals surface area contributed by atoms with Gasteiger partial charge in [-0.3, -0.25) is 0 Å². The summed E-state index contributed by atoms with van der Waals surface area (Å²) in [6, 6.07) is 22.6. The Hall–Kier alpha value is -3.68. The number of anilines is 2. The number of nitrogens with one attached hydrogen (secondary N) is 1. The molecule has 1 aliphatic carbocycles. The average molecular weight is 485 g/mol. The lowest BCUT2D eigenvalue weighted by molar-refractivity contribution is -0.0824. The SMILES string of the molecule is COc1ccc2c(c1)C(C)(C)C(=CC1C(O)C(Nc3ccc(N=Nc4ccccc4)cc3)C1O)N2C. The van der Waals surface area contributed by atoms with Crippen LogP contribution in [0, 0.1) is 5.92 Å². The molecule has 0 saturated heterocycles. The maximum atomic E-state index is 10.9. The zero-order valence-electron chi connectivity index (χ0n) is 21.0. The van der Waals surface area contributed by atoms with Gasteiger partial charge in [-0.05, 0) is 60.2 Å². The van der Waals surface area contributed by atoms with Gasteiger partial charge in [0.2, 0.25) is 0 Å². The lowest BCUT2D eigenvalue weighted by Crippen LogP contribution is -2.62. The lowest BCUT2D eigenvalue weighted by Gasteiger charge is -2.46. The van der Waals surface area contributed by atoms with Crippen molar-refractivity contribution in [2.45, 2.75) is 37.5 Å². The first-order valence-corrected chi connectivity index (χ1v) is 12.1. The van der Waals surface area contributed by atoms with E-state index in [1.54, 1.807) is 7.11 Å². The number of rotatable bonds is 6. The van der Waals surface area contributed by atoms with E-state index in [-0.39, 0.29) is 11.3 Å². The Morgan fingerprint density at radius 2 is 1.56 bits per heavy atom. The fourth-order valence-electron chi connectivity index (χ4n) is 5.16. The van der Waals surface area contributed by atoms with E-state index in [4.69, 9.17) is 4.74 Å². The molecule has 7 nitrogen and oxygen atoms in total. The molecule has 2 atom stereocenters. The normalized spacial score (nSPS) is 25.6. The van der Waals surface area contributed by atoms with Gasteiger partial charge >= 0.3 is 0 Å². The molecular weight excluding hydrogens is 452 g/mol. The highest BCUT2D eigenvalue weighted by Crippen LogP contribution is 2.49. The number of hydrogen-bond donors (Lipinski definition) is 3. The van der Waals surface area contributed by atoms with E-state index in [1.807, 2.05) is 73.8 Å². The number of azo groups is 1. The molecule has 0 radical (unpaired) electrons. The van der Waals surface area contributed by atoms with Crippen molar-refractivity contribution in [1.29, 1.82) is 0 Å². The summed E-state index contributed by atoms with van der Waals surface area (Å²) in [5.41, 5.74) is 5.37. The average Bonchev–Trinajstić information content (AvgIpc) is 3.09. The Morgan fingerprint density at radius 1 is 0.917 bits per heavy atom. The third kappa shape index (κ3) is 4.25. The highest BCUT2D eigenvalue weighted by atomic mass is 16.5. The molecule has 5 rings (SSSR count). The lowest BCUT2D eigenvalue weighted by atomic mass is 9.71. The summed E-state index contributed by atoms with van der Waals surface area (Å²) in [6.45, 7) is 4.31. The van der Waals surface area contributed by atoms with Crippen LogP contribution in [0.4, 0.5) is 22.7 Å². The summed E-state index contributed by atoms with van der Waals surface area (Å²) in [4.78, 5) is 2.14. The summed E-state index contributed by atoms with van der Waals surface area (Å²) < 4.78 is 5.43. The molecule has 0 bridgehead atoms. The second-order valence-electron chi connectivity index (χ2n) is 9.93. The topological polar surface area (TPSA) is 89.7 Å². The maximum absolute atomic E-state index is 10.9. The molecule has 2 unspecified atom stereocenters. The van der Waals surface area contributed by atoms with Crippen molar-refractivity contribution in [3.8, 4) is 5.75 Å². The minimum Gasteiger partial charge on any atom is -0.497 e. The van der Waals surface area contributed by atoms with E-state index in [9.17, 15) is 10.2 Å². The van der Waals surface area contributed by atoms with Crippen molar-refractivity contribution in [3.05, 3.63) is 90.1 Å². The molecular formula is C29H32N4O3. The molecule has 3 aromatic carbocycles. The van der Waals surface area contributed by atoms with Crippen LogP contribution in [-0.4, -0.2) is 42.6 Å². The van der Waals surface area contributed by atoms with Crippen molar-refractivity contribution in [2.24, 2.45) is 16.1 Å². The molecule has 2 aliphatic rings. The Bertz CT molecular complexity index is 1280. The molecule has 1 fully saturated rings. The van der Waals surface area contributed by atoms with Gasteiger partial charge in [-0.15, -0.1) is 0 Å². The second kappa shape index (κ2) is 9.41. The Morgan fingerprint density at radius 3 is 2.19 bits per heavy atom. The fourth-order valence-corrected chi connectivity index (χ4v) is 5.16. The summed E-state index contributed by atoms with van der Waals surface area (Å²) in [6.07, 6.45) is 0.590. The zero-order valence-corrected chi connectivity index (χ0v) is 21.0. The molecule has 7 heteroatoms. The molecule has 3 N–H and O–H groups in total. The van der Waals surface area contributed by atoms with Crippen LogP contribution in [0.5, 0.6) is 5.75 Å². The van der Waals surface area contributed by atoms with Gasteiger partial charge in [-0.2, -0.15) is 10.2 Å². The molecule has 0 aromatic heterocycles. The van der Waals surface area contributed by atoms with Crippen LogP contribution in [0.25, 0.3) is 0 Å². The van der Waals surface area contributed by atoms with E-state index in [0.717, 1.165) is 39.8 Å². The van der Waals surface area contributed by atoms with Crippen LogP contribution < -0.4 is 15.0 Å². The molecule has 1 aliphatic heterocycles. The number of methoxy groups -OCH3 is 1. The van der Waals surface area contributed by atoms with E-state index < -0.39 is 18.2 Å². The summed E-state index contributed by atoms with van der Waals surface area (Å²) in [7, 11) is 3.69. The first kappa shape index (κ1) is 24.0. The van der Waals surface area contributed by atoms with E-state index in [2.05, 4.69) is 46.4 Å². The number of allylic oxidation sites excluding steroid dienone is 1. The number of fused-ring (bicyclic) bond motifs is 1. The van der Waals surface area contributed by atoms with Crippen LogP contribution in [0.15, 0.2) is 94.8 Å². The number of benzene rings is 3. The number of nitrogens with zero attached hydrogens (tertiary/aromatic N) is 3. The Kier molecular flexibility index (Phi) is 6.28. The van der Waals surface area contributed by atoms with Gasteiger partial charge in [-0.25, -0.2) is 0 Å². The fraction of sp³-hybridized carbons (Fsp3) is 0.310. The van der Waals surface area contributed by atoms with Gasteiger partial charge in [0.1, 0.15) is 5.75 Å². The number of aliphatic hydroxyl groups is 2. The first-order chi connectivity index (χ1) is 17.3. The Labute approximate surface area is 211 Å². The third-order valence-electron chi connectivity index (χ3n) is 7.35. The van der Waals surface area contributed by atoms with Gasteiger partial charge in [0.15, 0.2) is 0 Å². The highest BCUT2D eigenvalue weighted by Gasteiger charge is 2.50. The minimum absolute atomic E-state index is 0.277. The molecule has 1 heterocycles. The van der Waals surface area contributed by atoms with Crippen LogP contribution in [0.1, 0.15) is 19.4 Å². The number of ether oxygens (including phenoxy) is 1. The van der Waals surface area contributed by atoms with Crippen LogP contribution in [0.2, 0.25) is 0 Å². The smallest absolute Gasteiger partial charge is 0.119 e. The summed E-state index contributed by atoms with van der Waals surface area (Å²) in [5, 5.41) is 33.6. The van der Waals surface area contributed by atoms with Crippen molar-refractivity contribution in [1.82, 2.24) is 0 Å². The van der Waals surface area contributed by atoms with Gasteiger partial charge in [-0.1, -0.05) is 38.1 Å². The maximum Gasteiger partial charge on any atom is 0.119 e. The monoisotopic (exact) mass is 484 g/mol. The Balaban J connectivity index is 1.26. The quantitative estimate of drug-likeness (QED) is 0.399. The van der Waals surface area contributed by atoms with E-state index in [1.165, 1.54) is 0 Å². The van der Waals surface area contributed by atoms with Crippen molar-refractivity contribution in [3.63, 3.8) is 0 Å². The largest absolute Gasteiger partial charge is 0.497 e.